The van der Waals surface area contributed by atoms with Crippen LogP contribution in [-0.2, 0) is 0 Å². The number of likely N-dealkylation sites (N-methyl/N-ethyl adjacent to an activating group) is 1. The molecule has 1 fully saturated rings. The van der Waals surface area contributed by atoms with E-state index >= 15 is 0 Å². The topological polar surface area (TPSA) is 24.5 Å². The highest BCUT2D eigenvalue weighted by Crippen LogP contribution is 2.29. The van der Waals surface area contributed by atoms with Gasteiger partial charge in [0.1, 0.15) is 18.2 Å². The van der Waals surface area contributed by atoms with E-state index in [0.717, 1.165) is 23.9 Å². The molecule has 1 atom stereocenters. The first-order valence-corrected chi connectivity index (χ1v) is 7.33. The van der Waals surface area contributed by atoms with E-state index in [1.165, 1.54) is 12.8 Å². The lowest BCUT2D eigenvalue weighted by molar-refractivity contribution is 0.229. The Balaban J connectivity index is 2.02. The Kier molecular flexibility index (Phi) is 5.00. The lowest BCUT2D eigenvalue weighted by Crippen LogP contribution is -2.26. The Bertz CT molecular complexity index is 460. The second-order valence-corrected chi connectivity index (χ2v) is 5.71. The van der Waals surface area contributed by atoms with Crippen molar-refractivity contribution in [2.75, 3.05) is 27.2 Å². The van der Waals surface area contributed by atoms with Gasteiger partial charge in [0.05, 0.1) is 0 Å². The maximum Gasteiger partial charge on any atom is 0.126 e. The van der Waals surface area contributed by atoms with Crippen molar-refractivity contribution in [3.8, 4) is 5.75 Å². The Morgan fingerprint density at radius 3 is 2.75 bits per heavy atom. The molecule has 0 radical (unpaired) electrons. The molecule has 0 spiro atoms. The predicted molar refractivity (Wildman–Crippen MR) is 79.8 cm³/mol. The fourth-order valence-electron chi connectivity index (χ4n) is 2.29. The molecule has 3 nitrogen and oxygen atoms in total. The fraction of sp³-hybridized carbons (Fsp3) is 0.625. The average molecular weight is 280 g/mol. The number of hydrogen-bond donors (Lipinski definition) is 1. The number of nitrogens with zero attached hydrogens (tertiary/aromatic N) is 1. The van der Waals surface area contributed by atoms with Gasteiger partial charge in [0, 0.05) is 24.2 Å². The number of rotatable bonds is 7. The van der Waals surface area contributed by atoms with Gasteiger partial charge in [0.15, 0.2) is 0 Å². The molecule has 1 aliphatic rings. The van der Waals surface area contributed by atoms with Crippen LogP contribution in [0, 0.1) is 12.7 Å². The summed E-state index contributed by atoms with van der Waals surface area (Å²) in [5.74, 6) is 0.611. The first-order chi connectivity index (χ1) is 9.52. The van der Waals surface area contributed by atoms with Gasteiger partial charge in [-0.2, -0.15) is 0 Å². The van der Waals surface area contributed by atoms with E-state index in [2.05, 4.69) is 17.3 Å². The summed E-state index contributed by atoms with van der Waals surface area (Å²) in [6, 6.07) is 4.19. The van der Waals surface area contributed by atoms with Gasteiger partial charge in [-0.05, 0) is 58.5 Å². The monoisotopic (exact) mass is 280 g/mol. The molecule has 112 valence electrons. The SMILES string of the molecule is CNC(C)c1cc(F)c(C)cc1OCCN(C)C1CC1. The highest BCUT2D eigenvalue weighted by molar-refractivity contribution is 5.40. The summed E-state index contributed by atoms with van der Waals surface area (Å²) >= 11 is 0. The van der Waals surface area contributed by atoms with Crippen LogP contribution in [0.2, 0.25) is 0 Å². The molecule has 1 aromatic carbocycles. The average Bonchev–Trinajstić information content (AvgIpc) is 3.25. The van der Waals surface area contributed by atoms with Crippen LogP contribution in [0.4, 0.5) is 4.39 Å². The molecule has 0 bridgehead atoms. The molecule has 0 aromatic heterocycles. The van der Waals surface area contributed by atoms with E-state index in [1.807, 2.05) is 14.0 Å². The van der Waals surface area contributed by atoms with Gasteiger partial charge in [-0.3, -0.25) is 0 Å². The molecule has 1 N–H and O–H groups in total. The molecular formula is C16H25FN2O. The minimum absolute atomic E-state index is 0.0706. The summed E-state index contributed by atoms with van der Waals surface area (Å²) in [4.78, 5) is 2.33. The molecule has 0 saturated heterocycles. The summed E-state index contributed by atoms with van der Waals surface area (Å²) < 4.78 is 19.6. The summed E-state index contributed by atoms with van der Waals surface area (Å²) in [5, 5.41) is 3.14. The van der Waals surface area contributed by atoms with Gasteiger partial charge in [-0.1, -0.05) is 0 Å². The van der Waals surface area contributed by atoms with Crippen molar-refractivity contribution in [2.24, 2.45) is 0 Å². The van der Waals surface area contributed by atoms with Crippen molar-refractivity contribution in [3.63, 3.8) is 0 Å². The summed E-state index contributed by atoms with van der Waals surface area (Å²) in [6.45, 7) is 5.33. The Hall–Kier alpha value is -1.13. The van der Waals surface area contributed by atoms with Crippen molar-refractivity contribution < 1.29 is 9.13 Å². The number of hydrogen-bond acceptors (Lipinski definition) is 3. The molecule has 20 heavy (non-hydrogen) atoms. The predicted octanol–water partition coefficient (Wildman–Crippen LogP) is 2.89. The summed E-state index contributed by atoms with van der Waals surface area (Å²) in [5.41, 5.74) is 1.51. The Morgan fingerprint density at radius 2 is 2.15 bits per heavy atom. The van der Waals surface area contributed by atoms with Crippen LogP contribution in [0.3, 0.4) is 0 Å². The molecule has 0 heterocycles. The minimum Gasteiger partial charge on any atom is -0.492 e. The maximum absolute atomic E-state index is 13.7. The quantitative estimate of drug-likeness (QED) is 0.831. The third-order valence-corrected chi connectivity index (χ3v) is 4.06. The van der Waals surface area contributed by atoms with Gasteiger partial charge in [0.25, 0.3) is 0 Å². The van der Waals surface area contributed by atoms with Crippen LogP contribution < -0.4 is 10.1 Å². The second-order valence-electron chi connectivity index (χ2n) is 5.71. The fourth-order valence-corrected chi connectivity index (χ4v) is 2.29. The maximum atomic E-state index is 13.7. The van der Waals surface area contributed by atoms with Gasteiger partial charge in [0.2, 0.25) is 0 Å². The number of nitrogens with one attached hydrogen (secondary N) is 1. The van der Waals surface area contributed by atoms with E-state index in [4.69, 9.17) is 4.74 Å². The first kappa shape index (κ1) is 15.3. The first-order valence-electron chi connectivity index (χ1n) is 7.33. The van der Waals surface area contributed by atoms with E-state index in [0.29, 0.717) is 12.2 Å². The number of aryl methyl sites for hydroxylation is 1. The zero-order chi connectivity index (χ0) is 14.7. The number of halogens is 1. The third-order valence-electron chi connectivity index (χ3n) is 4.06. The van der Waals surface area contributed by atoms with Gasteiger partial charge < -0.3 is 15.0 Å². The lowest BCUT2D eigenvalue weighted by atomic mass is 10.0. The smallest absolute Gasteiger partial charge is 0.126 e. The van der Waals surface area contributed by atoms with Gasteiger partial charge in [-0.15, -0.1) is 0 Å². The van der Waals surface area contributed by atoms with E-state index in [-0.39, 0.29) is 11.9 Å². The van der Waals surface area contributed by atoms with Crippen molar-refractivity contribution in [1.82, 2.24) is 10.2 Å². The molecule has 2 rings (SSSR count). The zero-order valence-corrected chi connectivity index (χ0v) is 12.9. The van der Waals surface area contributed by atoms with Gasteiger partial charge >= 0.3 is 0 Å². The zero-order valence-electron chi connectivity index (χ0n) is 12.9. The third kappa shape index (κ3) is 3.70. The van der Waals surface area contributed by atoms with Crippen LogP contribution in [0.1, 0.15) is 36.9 Å². The van der Waals surface area contributed by atoms with Crippen LogP contribution in [0.15, 0.2) is 12.1 Å². The van der Waals surface area contributed by atoms with Crippen molar-refractivity contribution in [3.05, 3.63) is 29.1 Å². The van der Waals surface area contributed by atoms with Crippen molar-refractivity contribution in [2.45, 2.75) is 38.8 Å². The van der Waals surface area contributed by atoms with E-state index < -0.39 is 0 Å². The van der Waals surface area contributed by atoms with E-state index in [1.54, 1.807) is 19.1 Å². The highest BCUT2D eigenvalue weighted by Gasteiger charge is 2.25. The standard InChI is InChI=1S/C16H25FN2O/c1-11-9-16(14(10-15(11)17)12(2)18-3)20-8-7-19(4)13-5-6-13/h9-10,12-13,18H,5-8H2,1-4H3. The Labute approximate surface area is 121 Å². The van der Waals surface area contributed by atoms with Crippen LogP contribution >= 0.6 is 0 Å². The van der Waals surface area contributed by atoms with Crippen LogP contribution in [0.5, 0.6) is 5.75 Å². The number of benzene rings is 1. The molecular weight excluding hydrogens is 255 g/mol. The van der Waals surface area contributed by atoms with Crippen molar-refractivity contribution in [1.29, 1.82) is 0 Å². The van der Waals surface area contributed by atoms with Crippen LogP contribution in [0.25, 0.3) is 0 Å². The summed E-state index contributed by atoms with van der Waals surface area (Å²) in [6.07, 6.45) is 2.60. The van der Waals surface area contributed by atoms with Crippen molar-refractivity contribution >= 4 is 0 Å². The normalized spacial score (nSPS) is 16.5. The Morgan fingerprint density at radius 1 is 1.45 bits per heavy atom. The highest BCUT2D eigenvalue weighted by atomic mass is 19.1. The molecule has 4 heteroatoms. The van der Waals surface area contributed by atoms with Gasteiger partial charge in [-0.25, -0.2) is 4.39 Å². The largest absolute Gasteiger partial charge is 0.492 e. The molecule has 1 saturated carbocycles. The molecule has 1 aliphatic carbocycles. The molecule has 1 unspecified atom stereocenters. The molecule has 0 amide bonds. The van der Waals surface area contributed by atoms with Crippen LogP contribution in [-0.4, -0.2) is 38.2 Å². The molecule has 1 aromatic rings. The molecule has 0 aliphatic heterocycles. The summed E-state index contributed by atoms with van der Waals surface area (Å²) in [7, 11) is 4.00. The minimum atomic E-state index is -0.176. The van der Waals surface area contributed by atoms with E-state index in [9.17, 15) is 4.39 Å². The number of ether oxygens (including phenoxy) is 1. The second kappa shape index (κ2) is 6.55. The lowest BCUT2D eigenvalue weighted by Gasteiger charge is -2.20.